The summed E-state index contributed by atoms with van der Waals surface area (Å²) in [6.07, 6.45) is 0.686. The lowest BCUT2D eigenvalue weighted by molar-refractivity contribution is -0.120. The van der Waals surface area contributed by atoms with Crippen LogP contribution >= 0.6 is 45.2 Å². The van der Waals surface area contributed by atoms with Crippen LogP contribution in [0.1, 0.15) is 19.4 Å². The third-order valence-corrected chi connectivity index (χ3v) is 4.59. The Hall–Kier alpha value is -0.0900. The highest BCUT2D eigenvalue weighted by atomic mass is 127. The highest BCUT2D eigenvalue weighted by molar-refractivity contribution is 14.1. The molecule has 1 fully saturated rings. The maximum absolute atomic E-state index is 11.9. The van der Waals surface area contributed by atoms with Crippen LogP contribution in [0, 0.1) is 7.14 Å². The van der Waals surface area contributed by atoms with E-state index in [1.54, 1.807) is 7.11 Å². The Bertz CT molecular complexity index is 494. The van der Waals surface area contributed by atoms with Crippen molar-refractivity contribution in [1.82, 2.24) is 10.6 Å². The van der Waals surface area contributed by atoms with Crippen LogP contribution in [-0.4, -0.2) is 24.7 Å². The SMILES string of the molecule is COc1c(I)cc(C[C@@H]2NC(C)(C)NC2=O)cc1I. The number of nitrogens with one attached hydrogen (secondary N) is 2. The molecule has 0 aromatic heterocycles. The lowest BCUT2D eigenvalue weighted by Gasteiger charge is -2.18. The van der Waals surface area contributed by atoms with Gasteiger partial charge in [-0.2, -0.15) is 0 Å². The van der Waals surface area contributed by atoms with Crippen molar-refractivity contribution in [3.05, 3.63) is 24.8 Å². The second-order valence-corrected chi connectivity index (χ2v) is 7.43. The number of carbonyl (C=O) groups excluding carboxylic acids is 1. The van der Waals surface area contributed by atoms with Crippen molar-refractivity contribution in [3.63, 3.8) is 0 Å². The van der Waals surface area contributed by atoms with Crippen molar-refractivity contribution < 1.29 is 9.53 Å². The molecule has 1 aliphatic heterocycles. The largest absolute Gasteiger partial charge is 0.495 e. The van der Waals surface area contributed by atoms with Crippen LogP contribution in [0.5, 0.6) is 5.75 Å². The molecule has 0 radical (unpaired) electrons. The van der Waals surface area contributed by atoms with Crippen LogP contribution in [0.2, 0.25) is 0 Å². The van der Waals surface area contributed by atoms with E-state index in [1.165, 1.54) is 0 Å². The predicted molar refractivity (Wildman–Crippen MR) is 91.3 cm³/mol. The summed E-state index contributed by atoms with van der Waals surface area (Å²) in [6.45, 7) is 3.93. The van der Waals surface area contributed by atoms with Crippen molar-refractivity contribution in [2.75, 3.05) is 7.11 Å². The van der Waals surface area contributed by atoms with Gasteiger partial charge in [0.25, 0.3) is 0 Å². The second-order valence-electron chi connectivity index (χ2n) is 5.11. The zero-order valence-electron chi connectivity index (χ0n) is 11.0. The van der Waals surface area contributed by atoms with E-state index in [2.05, 4.69) is 67.9 Å². The number of ether oxygens (including phenoxy) is 1. The van der Waals surface area contributed by atoms with Crippen molar-refractivity contribution in [2.24, 2.45) is 0 Å². The van der Waals surface area contributed by atoms with E-state index >= 15 is 0 Å². The first-order valence-corrected chi connectivity index (χ1v) is 8.10. The summed E-state index contributed by atoms with van der Waals surface area (Å²) in [6, 6.07) is 3.97. The van der Waals surface area contributed by atoms with Gasteiger partial charge in [-0.3, -0.25) is 10.1 Å². The van der Waals surface area contributed by atoms with Crippen molar-refractivity contribution in [3.8, 4) is 5.75 Å². The number of amides is 1. The van der Waals surface area contributed by atoms with E-state index in [9.17, 15) is 4.79 Å². The van der Waals surface area contributed by atoms with Gasteiger partial charge >= 0.3 is 0 Å². The Morgan fingerprint density at radius 3 is 2.32 bits per heavy atom. The first kappa shape index (κ1) is 15.3. The molecule has 1 heterocycles. The highest BCUT2D eigenvalue weighted by Crippen LogP contribution is 2.29. The van der Waals surface area contributed by atoms with Gasteiger partial charge in [0.15, 0.2) is 0 Å². The zero-order chi connectivity index (χ0) is 14.2. The van der Waals surface area contributed by atoms with E-state index < -0.39 is 0 Å². The Kier molecular flexibility index (Phi) is 4.61. The molecule has 1 saturated heterocycles. The third kappa shape index (κ3) is 3.52. The molecule has 2 N–H and O–H groups in total. The normalized spacial score (nSPS) is 21.3. The van der Waals surface area contributed by atoms with Gasteiger partial charge in [-0.25, -0.2) is 0 Å². The fraction of sp³-hybridized carbons (Fsp3) is 0.462. The molecule has 0 bridgehead atoms. The third-order valence-electron chi connectivity index (χ3n) is 2.99. The Morgan fingerprint density at radius 2 is 1.89 bits per heavy atom. The number of halogens is 2. The second kappa shape index (κ2) is 5.72. The molecule has 0 unspecified atom stereocenters. The van der Waals surface area contributed by atoms with Gasteiger partial charge in [-0.15, -0.1) is 0 Å². The van der Waals surface area contributed by atoms with E-state index in [1.807, 2.05) is 13.8 Å². The van der Waals surface area contributed by atoms with Crippen LogP contribution in [0.15, 0.2) is 12.1 Å². The molecule has 0 spiro atoms. The minimum absolute atomic E-state index is 0.0610. The molecular formula is C13H16I2N2O2. The number of hydrogen-bond donors (Lipinski definition) is 2. The van der Waals surface area contributed by atoms with Crippen LogP contribution in [0.25, 0.3) is 0 Å². The molecule has 6 heteroatoms. The summed E-state index contributed by atoms with van der Waals surface area (Å²) >= 11 is 4.52. The fourth-order valence-corrected chi connectivity index (χ4v) is 4.57. The van der Waals surface area contributed by atoms with Gasteiger partial charge in [0.1, 0.15) is 5.75 Å². The summed E-state index contributed by atoms with van der Waals surface area (Å²) in [7, 11) is 1.67. The average Bonchev–Trinajstić information content (AvgIpc) is 2.51. The van der Waals surface area contributed by atoms with Gasteiger partial charge in [-0.1, -0.05) is 0 Å². The molecule has 0 aliphatic carbocycles. The van der Waals surface area contributed by atoms with Gasteiger partial charge in [0, 0.05) is 0 Å². The molecule has 1 aromatic carbocycles. The number of carbonyl (C=O) groups is 1. The van der Waals surface area contributed by atoms with E-state index in [-0.39, 0.29) is 17.6 Å². The molecule has 1 aromatic rings. The summed E-state index contributed by atoms with van der Waals surface area (Å²) in [4.78, 5) is 11.9. The number of benzene rings is 1. The number of hydrogen-bond acceptors (Lipinski definition) is 3. The minimum atomic E-state index is -0.325. The molecule has 19 heavy (non-hydrogen) atoms. The molecule has 1 aliphatic rings. The summed E-state index contributed by atoms with van der Waals surface area (Å²) < 4.78 is 7.48. The van der Waals surface area contributed by atoms with Crippen LogP contribution in [-0.2, 0) is 11.2 Å². The smallest absolute Gasteiger partial charge is 0.238 e. The lowest BCUT2D eigenvalue weighted by atomic mass is 10.1. The minimum Gasteiger partial charge on any atom is -0.495 e. The Morgan fingerprint density at radius 1 is 1.32 bits per heavy atom. The first-order valence-electron chi connectivity index (χ1n) is 5.94. The summed E-state index contributed by atoms with van der Waals surface area (Å²) in [5.74, 6) is 0.958. The van der Waals surface area contributed by atoms with Gasteiger partial charge < -0.3 is 10.1 Å². The van der Waals surface area contributed by atoms with E-state index in [0.717, 1.165) is 18.5 Å². The molecule has 0 saturated carbocycles. The topological polar surface area (TPSA) is 50.4 Å². The maximum atomic E-state index is 11.9. The number of methoxy groups -OCH3 is 1. The zero-order valence-corrected chi connectivity index (χ0v) is 15.3. The Labute approximate surface area is 140 Å². The standard InChI is InChI=1S/C13H16I2N2O2/c1-13(2)16-10(12(18)17-13)6-7-4-8(14)11(19-3)9(15)5-7/h4-5,10,16H,6H2,1-3H3,(H,17,18)/t10-/m0/s1. The molecule has 1 amide bonds. The van der Waals surface area contributed by atoms with Crippen molar-refractivity contribution >= 4 is 51.1 Å². The quantitative estimate of drug-likeness (QED) is 0.646. The van der Waals surface area contributed by atoms with E-state index in [4.69, 9.17) is 4.74 Å². The predicted octanol–water partition coefficient (Wildman–Crippen LogP) is 2.27. The van der Waals surface area contributed by atoms with Crippen LogP contribution in [0.4, 0.5) is 0 Å². The van der Waals surface area contributed by atoms with Gasteiger partial charge in [-0.05, 0) is 83.1 Å². The molecule has 2 rings (SSSR count). The fourth-order valence-electron chi connectivity index (χ4n) is 2.24. The van der Waals surface area contributed by atoms with Gasteiger partial charge in [0.05, 0.1) is 26.0 Å². The van der Waals surface area contributed by atoms with E-state index in [0.29, 0.717) is 6.42 Å². The van der Waals surface area contributed by atoms with Crippen LogP contribution < -0.4 is 15.4 Å². The molecule has 4 nitrogen and oxygen atoms in total. The monoisotopic (exact) mass is 486 g/mol. The van der Waals surface area contributed by atoms with Crippen LogP contribution in [0.3, 0.4) is 0 Å². The summed E-state index contributed by atoms with van der Waals surface area (Å²) in [5, 5.41) is 6.24. The average molecular weight is 486 g/mol. The number of rotatable bonds is 3. The molecule has 104 valence electrons. The lowest BCUT2D eigenvalue weighted by Crippen LogP contribution is -2.44. The molecular weight excluding hydrogens is 470 g/mol. The summed E-state index contributed by atoms with van der Waals surface area (Å²) in [5.41, 5.74) is 0.814. The first-order chi connectivity index (χ1) is 8.82. The Balaban J connectivity index is 2.19. The highest BCUT2D eigenvalue weighted by Gasteiger charge is 2.36. The molecule has 1 atom stereocenters. The van der Waals surface area contributed by atoms with Crippen molar-refractivity contribution in [1.29, 1.82) is 0 Å². The maximum Gasteiger partial charge on any atom is 0.238 e. The van der Waals surface area contributed by atoms with Crippen molar-refractivity contribution in [2.45, 2.75) is 32.0 Å². The van der Waals surface area contributed by atoms with Gasteiger partial charge in [0.2, 0.25) is 5.91 Å².